The minimum Gasteiger partial charge on any atom is -0.506 e. The van der Waals surface area contributed by atoms with Crippen LogP contribution in [0, 0.1) is 11.3 Å². The number of ether oxygens (including phenoxy) is 2. The van der Waals surface area contributed by atoms with Gasteiger partial charge in [0.1, 0.15) is 22.4 Å². The van der Waals surface area contributed by atoms with E-state index in [1.807, 2.05) is 0 Å². The van der Waals surface area contributed by atoms with Gasteiger partial charge in [-0.05, 0) is 0 Å². The van der Waals surface area contributed by atoms with Gasteiger partial charge in [0, 0.05) is 6.07 Å². The van der Waals surface area contributed by atoms with Crippen LogP contribution in [0.5, 0.6) is 17.2 Å². The van der Waals surface area contributed by atoms with Crippen LogP contribution >= 0.6 is 11.6 Å². The zero-order valence-electron chi connectivity index (χ0n) is 7.67. The van der Waals surface area contributed by atoms with Gasteiger partial charge in [-0.1, -0.05) is 11.6 Å². The maximum absolute atomic E-state index is 9.38. The number of phenols is 1. The smallest absolute Gasteiger partial charge is 0.181 e. The molecule has 0 atom stereocenters. The van der Waals surface area contributed by atoms with Crippen LogP contribution < -0.4 is 9.47 Å². The Morgan fingerprint density at radius 3 is 2.50 bits per heavy atom. The molecule has 0 amide bonds. The Morgan fingerprint density at radius 1 is 1.43 bits per heavy atom. The summed E-state index contributed by atoms with van der Waals surface area (Å²) in [6.07, 6.45) is 0. The van der Waals surface area contributed by atoms with Crippen LogP contribution in [-0.4, -0.2) is 19.3 Å². The topological polar surface area (TPSA) is 62.5 Å². The number of nitriles is 1. The molecule has 0 aliphatic heterocycles. The molecule has 0 saturated heterocycles. The minimum absolute atomic E-state index is 0.0238. The van der Waals surface area contributed by atoms with E-state index in [9.17, 15) is 5.11 Å². The first kappa shape index (κ1) is 10.5. The molecule has 0 aromatic heterocycles. The Hall–Kier alpha value is -1.60. The molecule has 0 aliphatic rings. The first-order chi connectivity index (χ1) is 6.65. The number of phenolic OH excluding ortho intramolecular Hbond substituents is 1. The molecule has 0 radical (unpaired) electrons. The van der Waals surface area contributed by atoms with Gasteiger partial charge in [-0.2, -0.15) is 5.26 Å². The summed E-state index contributed by atoms with van der Waals surface area (Å²) in [5, 5.41) is 18.1. The summed E-state index contributed by atoms with van der Waals surface area (Å²) in [5.74, 6) is 0.299. The number of benzene rings is 1. The van der Waals surface area contributed by atoms with E-state index >= 15 is 0 Å². The molecule has 1 aromatic rings. The van der Waals surface area contributed by atoms with Gasteiger partial charge in [-0.15, -0.1) is 0 Å². The van der Waals surface area contributed by atoms with Crippen molar-refractivity contribution in [2.75, 3.05) is 14.2 Å². The van der Waals surface area contributed by atoms with Gasteiger partial charge < -0.3 is 14.6 Å². The molecule has 74 valence electrons. The van der Waals surface area contributed by atoms with E-state index in [2.05, 4.69) is 0 Å². The Balaban J connectivity index is 3.49. The van der Waals surface area contributed by atoms with Crippen LogP contribution in [0.1, 0.15) is 5.56 Å². The molecule has 0 heterocycles. The highest BCUT2D eigenvalue weighted by molar-refractivity contribution is 6.33. The van der Waals surface area contributed by atoms with E-state index in [0.717, 1.165) is 0 Å². The third-order valence-corrected chi connectivity index (χ3v) is 2.06. The molecule has 5 heteroatoms. The zero-order chi connectivity index (χ0) is 10.7. The molecule has 0 unspecified atom stereocenters. The van der Waals surface area contributed by atoms with Gasteiger partial charge in [0.2, 0.25) is 0 Å². The number of hydrogen-bond acceptors (Lipinski definition) is 4. The van der Waals surface area contributed by atoms with Gasteiger partial charge in [0.05, 0.1) is 14.2 Å². The van der Waals surface area contributed by atoms with Gasteiger partial charge in [0.15, 0.2) is 11.5 Å². The molecule has 1 rings (SSSR count). The summed E-state index contributed by atoms with van der Waals surface area (Å²) in [4.78, 5) is 0. The van der Waals surface area contributed by atoms with Crippen LogP contribution in [-0.2, 0) is 0 Å². The second kappa shape index (κ2) is 4.07. The molecular weight excluding hydrogens is 206 g/mol. The zero-order valence-corrected chi connectivity index (χ0v) is 8.42. The van der Waals surface area contributed by atoms with Crippen molar-refractivity contribution in [3.8, 4) is 23.3 Å². The van der Waals surface area contributed by atoms with Crippen molar-refractivity contribution in [3.63, 3.8) is 0 Å². The molecule has 14 heavy (non-hydrogen) atoms. The summed E-state index contributed by atoms with van der Waals surface area (Å²) in [7, 11) is 2.82. The third kappa shape index (κ3) is 1.54. The van der Waals surface area contributed by atoms with Crippen LogP contribution in [0.4, 0.5) is 0 Å². The van der Waals surface area contributed by atoms with Crippen molar-refractivity contribution in [1.29, 1.82) is 5.26 Å². The van der Waals surface area contributed by atoms with Crippen molar-refractivity contribution in [2.45, 2.75) is 0 Å². The summed E-state index contributed by atoms with van der Waals surface area (Å²) in [6, 6.07) is 3.05. The Labute approximate surface area is 86.2 Å². The lowest BCUT2D eigenvalue weighted by atomic mass is 10.2. The van der Waals surface area contributed by atoms with Crippen molar-refractivity contribution in [3.05, 3.63) is 16.7 Å². The first-order valence-corrected chi connectivity index (χ1v) is 4.07. The Morgan fingerprint density at radius 2 is 2.07 bits per heavy atom. The Kier molecular flexibility index (Phi) is 3.05. The van der Waals surface area contributed by atoms with Crippen molar-refractivity contribution < 1.29 is 14.6 Å². The predicted molar refractivity (Wildman–Crippen MR) is 50.9 cm³/mol. The van der Waals surface area contributed by atoms with E-state index in [1.165, 1.54) is 20.3 Å². The molecule has 0 saturated carbocycles. The standard InChI is InChI=1S/C9H8ClNO3/c1-13-7-3-6(12)5(4-11)8(10)9(7)14-2/h3,12H,1-2H3. The van der Waals surface area contributed by atoms with Gasteiger partial charge >= 0.3 is 0 Å². The number of halogens is 1. The summed E-state index contributed by atoms with van der Waals surface area (Å²) in [5.41, 5.74) is -0.0238. The van der Waals surface area contributed by atoms with Crippen LogP contribution in [0.15, 0.2) is 6.07 Å². The van der Waals surface area contributed by atoms with Crippen LogP contribution in [0.3, 0.4) is 0 Å². The maximum atomic E-state index is 9.38. The molecule has 0 aliphatic carbocycles. The minimum atomic E-state index is -0.227. The van der Waals surface area contributed by atoms with Gasteiger partial charge in [-0.25, -0.2) is 0 Å². The molecule has 0 bridgehead atoms. The second-order valence-corrected chi connectivity index (χ2v) is 2.81. The van der Waals surface area contributed by atoms with E-state index in [-0.39, 0.29) is 27.8 Å². The predicted octanol–water partition coefficient (Wildman–Crippen LogP) is 1.93. The molecule has 4 nitrogen and oxygen atoms in total. The number of hydrogen-bond donors (Lipinski definition) is 1. The molecule has 1 N–H and O–H groups in total. The lowest BCUT2D eigenvalue weighted by Gasteiger charge is -2.10. The highest BCUT2D eigenvalue weighted by atomic mass is 35.5. The van der Waals surface area contributed by atoms with E-state index in [1.54, 1.807) is 6.07 Å². The van der Waals surface area contributed by atoms with Gasteiger partial charge in [-0.3, -0.25) is 0 Å². The quantitative estimate of drug-likeness (QED) is 0.816. The highest BCUT2D eigenvalue weighted by Crippen LogP contribution is 2.41. The average Bonchev–Trinajstić information content (AvgIpc) is 2.17. The second-order valence-electron chi connectivity index (χ2n) is 2.43. The largest absolute Gasteiger partial charge is 0.506 e. The number of nitrogens with zero attached hydrogens (tertiary/aromatic N) is 1. The fourth-order valence-electron chi connectivity index (χ4n) is 1.04. The third-order valence-electron chi connectivity index (χ3n) is 1.70. The summed E-state index contributed by atoms with van der Waals surface area (Å²) in [6.45, 7) is 0. The van der Waals surface area contributed by atoms with Crippen LogP contribution in [0.25, 0.3) is 0 Å². The van der Waals surface area contributed by atoms with E-state index in [0.29, 0.717) is 0 Å². The fraction of sp³-hybridized carbons (Fsp3) is 0.222. The number of rotatable bonds is 2. The average molecular weight is 214 g/mol. The first-order valence-electron chi connectivity index (χ1n) is 3.69. The SMILES string of the molecule is COc1cc(O)c(C#N)c(Cl)c1OC. The monoisotopic (exact) mass is 213 g/mol. The summed E-state index contributed by atoms with van der Waals surface area (Å²) < 4.78 is 9.86. The molecular formula is C9H8ClNO3. The Bertz CT molecular complexity index is 398. The lowest BCUT2D eigenvalue weighted by Crippen LogP contribution is -1.93. The van der Waals surface area contributed by atoms with E-state index < -0.39 is 0 Å². The molecule has 0 spiro atoms. The fourth-order valence-corrected chi connectivity index (χ4v) is 1.35. The maximum Gasteiger partial charge on any atom is 0.181 e. The van der Waals surface area contributed by atoms with Crippen molar-refractivity contribution in [2.24, 2.45) is 0 Å². The molecule has 0 fully saturated rings. The van der Waals surface area contributed by atoms with Crippen molar-refractivity contribution in [1.82, 2.24) is 0 Å². The normalized spacial score (nSPS) is 9.29. The lowest BCUT2D eigenvalue weighted by molar-refractivity contribution is 0.351. The number of aromatic hydroxyl groups is 1. The number of methoxy groups -OCH3 is 2. The van der Waals surface area contributed by atoms with Crippen LogP contribution in [0.2, 0.25) is 5.02 Å². The molecule has 1 aromatic carbocycles. The highest BCUT2D eigenvalue weighted by Gasteiger charge is 2.17. The van der Waals surface area contributed by atoms with Gasteiger partial charge in [0.25, 0.3) is 0 Å². The summed E-state index contributed by atoms with van der Waals surface area (Å²) >= 11 is 5.81. The van der Waals surface area contributed by atoms with E-state index in [4.69, 9.17) is 26.3 Å². The van der Waals surface area contributed by atoms with Crippen molar-refractivity contribution >= 4 is 11.6 Å².